The third-order valence-electron chi connectivity index (χ3n) is 3.93. The molecule has 1 unspecified atom stereocenters. The summed E-state index contributed by atoms with van der Waals surface area (Å²) in [5.74, 6) is 0.576. The van der Waals surface area contributed by atoms with Crippen molar-refractivity contribution in [3.8, 4) is 0 Å². The fourth-order valence-corrected chi connectivity index (χ4v) is 2.72. The Morgan fingerprint density at radius 1 is 1.19 bits per heavy atom. The third-order valence-corrected chi connectivity index (χ3v) is 3.93. The standard InChI is InChI=1S/C16H30N2O3/c1-11(2)9-14(19)10-17-15(20)13-5-7-18(8-6-13)16(21)12(3)4/h11-14,19H,5-10H2,1-4H3,(H,17,20). The summed E-state index contributed by atoms with van der Waals surface area (Å²) in [6.45, 7) is 9.53. The minimum absolute atomic E-state index is 0.00875. The molecule has 1 aliphatic heterocycles. The number of aliphatic hydroxyl groups excluding tert-OH is 1. The van der Waals surface area contributed by atoms with Crippen molar-refractivity contribution >= 4 is 11.8 Å². The highest BCUT2D eigenvalue weighted by molar-refractivity contribution is 5.80. The fraction of sp³-hybridized carbons (Fsp3) is 0.875. The number of piperidine rings is 1. The number of nitrogens with zero attached hydrogens (tertiary/aromatic N) is 1. The van der Waals surface area contributed by atoms with E-state index in [-0.39, 0.29) is 23.7 Å². The molecule has 5 heteroatoms. The second-order valence-corrected chi connectivity index (χ2v) is 6.78. The molecule has 0 aromatic rings. The zero-order chi connectivity index (χ0) is 16.0. The number of carbonyl (C=O) groups is 2. The summed E-state index contributed by atoms with van der Waals surface area (Å²) in [5, 5.41) is 12.6. The van der Waals surface area contributed by atoms with Gasteiger partial charge in [0.2, 0.25) is 11.8 Å². The molecule has 0 aromatic carbocycles. The molecule has 1 aliphatic rings. The summed E-state index contributed by atoms with van der Waals surface area (Å²) in [7, 11) is 0. The number of rotatable bonds is 6. The van der Waals surface area contributed by atoms with Crippen molar-refractivity contribution in [2.75, 3.05) is 19.6 Å². The lowest BCUT2D eigenvalue weighted by Gasteiger charge is -2.32. The van der Waals surface area contributed by atoms with Crippen molar-refractivity contribution < 1.29 is 14.7 Å². The average Bonchev–Trinajstić information content (AvgIpc) is 2.43. The first-order valence-corrected chi connectivity index (χ1v) is 8.05. The van der Waals surface area contributed by atoms with Crippen LogP contribution in [0.5, 0.6) is 0 Å². The molecule has 0 radical (unpaired) electrons. The second kappa shape index (κ2) is 8.37. The predicted molar refractivity (Wildman–Crippen MR) is 82.6 cm³/mol. The Labute approximate surface area is 128 Å². The van der Waals surface area contributed by atoms with Crippen molar-refractivity contribution in [2.24, 2.45) is 17.8 Å². The molecule has 1 heterocycles. The van der Waals surface area contributed by atoms with Gasteiger partial charge in [-0.1, -0.05) is 27.7 Å². The molecule has 0 spiro atoms. The normalized spacial score (nSPS) is 18.1. The molecule has 5 nitrogen and oxygen atoms in total. The highest BCUT2D eigenvalue weighted by atomic mass is 16.3. The molecule has 1 rings (SSSR count). The first-order chi connectivity index (χ1) is 9.81. The van der Waals surface area contributed by atoms with Gasteiger partial charge >= 0.3 is 0 Å². The van der Waals surface area contributed by atoms with E-state index in [0.29, 0.717) is 44.8 Å². The first kappa shape index (κ1) is 18.0. The van der Waals surface area contributed by atoms with Crippen LogP contribution in [0.3, 0.4) is 0 Å². The Balaban J connectivity index is 2.30. The Kier molecular flexibility index (Phi) is 7.15. The van der Waals surface area contributed by atoms with Gasteiger partial charge in [-0.25, -0.2) is 0 Å². The van der Waals surface area contributed by atoms with E-state index in [1.807, 2.05) is 32.6 Å². The van der Waals surface area contributed by atoms with Gasteiger partial charge in [0.05, 0.1) is 6.10 Å². The van der Waals surface area contributed by atoms with Crippen LogP contribution in [0.1, 0.15) is 47.0 Å². The van der Waals surface area contributed by atoms with Crippen molar-refractivity contribution in [3.63, 3.8) is 0 Å². The maximum Gasteiger partial charge on any atom is 0.225 e. The Bertz CT molecular complexity index is 347. The van der Waals surface area contributed by atoms with Gasteiger partial charge in [-0.3, -0.25) is 9.59 Å². The van der Waals surface area contributed by atoms with Crippen LogP contribution in [0.25, 0.3) is 0 Å². The minimum Gasteiger partial charge on any atom is -0.391 e. The number of amides is 2. The summed E-state index contributed by atoms with van der Waals surface area (Å²) >= 11 is 0. The molecule has 1 fully saturated rings. The van der Waals surface area contributed by atoms with Gasteiger partial charge < -0.3 is 15.3 Å². The molecular formula is C16H30N2O3. The average molecular weight is 298 g/mol. The predicted octanol–water partition coefficient (Wildman–Crippen LogP) is 1.40. The lowest BCUT2D eigenvalue weighted by Crippen LogP contribution is -2.45. The van der Waals surface area contributed by atoms with Gasteiger partial charge in [0, 0.05) is 31.5 Å². The van der Waals surface area contributed by atoms with E-state index in [1.165, 1.54) is 0 Å². The Hall–Kier alpha value is -1.10. The van der Waals surface area contributed by atoms with E-state index < -0.39 is 6.10 Å². The Morgan fingerprint density at radius 2 is 1.76 bits per heavy atom. The monoisotopic (exact) mass is 298 g/mol. The van der Waals surface area contributed by atoms with Gasteiger partial charge in [-0.05, 0) is 25.2 Å². The van der Waals surface area contributed by atoms with Crippen molar-refractivity contribution in [3.05, 3.63) is 0 Å². The summed E-state index contributed by atoms with van der Waals surface area (Å²) in [6.07, 6.45) is 1.65. The number of aliphatic hydroxyl groups is 1. The number of hydrogen-bond acceptors (Lipinski definition) is 3. The zero-order valence-electron chi connectivity index (χ0n) is 13.8. The van der Waals surface area contributed by atoms with Crippen LogP contribution in [0.4, 0.5) is 0 Å². The van der Waals surface area contributed by atoms with Crippen molar-refractivity contribution in [2.45, 2.75) is 53.1 Å². The maximum absolute atomic E-state index is 12.1. The molecule has 1 saturated heterocycles. The van der Waals surface area contributed by atoms with Crippen LogP contribution >= 0.6 is 0 Å². The molecule has 0 aromatic heterocycles. The summed E-state index contributed by atoms with van der Waals surface area (Å²) in [4.78, 5) is 25.8. The van der Waals surface area contributed by atoms with Gasteiger partial charge in [0.25, 0.3) is 0 Å². The molecule has 0 bridgehead atoms. The lowest BCUT2D eigenvalue weighted by molar-refractivity contribution is -0.138. The van der Waals surface area contributed by atoms with Crippen molar-refractivity contribution in [1.82, 2.24) is 10.2 Å². The zero-order valence-corrected chi connectivity index (χ0v) is 13.8. The van der Waals surface area contributed by atoms with Gasteiger partial charge in [0.1, 0.15) is 0 Å². The molecule has 0 saturated carbocycles. The number of nitrogens with one attached hydrogen (secondary N) is 1. The summed E-state index contributed by atoms with van der Waals surface area (Å²) < 4.78 is 0. The van der Waals surface area contributed by atoms with E-state index >= 15 is 0 Å². The second-order valence-electron chi connectivity index (χ2n) is 6.78. The van der Waals surface area contributed by atoms with Crippen LogP contribution < -0.4 is 5.32 Å². The SMILES string of the molecule is CC(C)CC(O)CNC(=O)C1CCN(C(=O)C(C)C)CC1. The number of hydrogen-bond donors (Lipinski definition) is 2. The third kappa shape index (κ3) is 6.04. The van der Waals surface area contributed by atoms with E-state index in [4.69, 9.17) is 0 Å². The number of likely N-dealkylation sites (tertiary alicyclic amines) is 1. The number of carbonyl (C=O) groups excluding carboxylic acids is 2. The van der Waals surface area contributed by atoms with Crippen LogP contribution in [-0.2, 0) is 9.59 Å². The minimum atomic E-state index is -0.475. The molecule has 1 atom stereocenters. The largest absolute Gasteiger partial charge is 0.391 e. The molecular weight excluding hydrogens is 268 g/mol. The van der Waals surface area contributed by atoms with E-state index in [2.05, 4.69) is 5.32 Å². The highest BCUT2D eigenvalue weighted by Gasteiger charge is 2.28. The van der Waals surface area contributed by atoms with Gasteiger partial charge in [-0.15, -0.1) is 0 Å². The van der Waals surface area contributed by atoms with Gasteiger partial charge in [-0.2, -0.15) is 0 Å². The van der Waals surface area contributed by atoms with E-state index in [1.54, 1.807) is 0 Å². The first-order valence-electron chi connectivity index (χ1n) is 8.05. The quantitative estimate of drug-likeness (QED) is 0.779. The van der Waals surface area contributed by atoms with Crippen LogP contribution in [0.2, 0.25) is 0 Å². The molecule has 2 amide bonds. The molecule has 0 aliphatic carbocycles. The topological polar surface area (TPSA) is 69.6 Å². The molecule has 122 valence electrons. The molecule has 21 heavy (non-hydrogen) atoms. The fourth-order valence-electron chi connectivity index (χ4n) is 2.72. The summed E-state index contributed by atoms with van der Waals surface area (Å²) in [6, 6.07) is 0. The Morgan fingerprint density at radius 3 is 2.24 bits per heavy atom. The van der Waals surface area contributed by atoms with Crippen LogP contribution in [0, 0.1) is 17.8 Å². The smallest absolute Gasteiger partial charge is 0.225 e. The van der Waals surface area contributed by atoms with Gasteiger partial charge in [0.15, 0.2) is 0 Å². The highest BCUT2D eigenvalue weighted by Crippen LogP contribution is 2.19. The van der Waals surface area contributed by atoms with Crippen LogP contribution in [0.15, 0.2) is 0 Å². The summed E-state index contributed by atoms with van der Waals surface area (Å²) in [5.41, 5.74) is 0. The van der Waals surface area contributed by atoms with Crippen LogP contribution in [-0.4, -0.2) is 47.6 Å². The lowest BCUT2D eigenvalue weighted by atomic mass is 9.95. The van der Waals surface area contributed by atoms with Crippen molar-refractivity contribution in [1.29, 1.82) is 0 Å². The van der Waals surface area contributed by atoms with E-state index in [0.717, 1.165) is 0 Å². The molecule has 2 N–H and O–H groups in total. The van der Waals surface area contributed by atoms with E-state index in [9.17, 15) is 14.7 Å². The maximum atomic E-state index is 12.1.